The van der Waals surface area contributed by atoms with Gasteiger partial charge in [0, 0.05) is 70.1 Å². The van der Waals surface area contributed by atoms with Crippen LogP contribution in [-0.4, -0.2) is 85.3 Å². The number of carbonyl (C=O) groups is 1. The van der Waals surface area contributed by atoms with Crippen molar-refractivity contribution in [2.45, 2.75) is 56.7 Å². The number of aryl methyl sites for hydroxylation is 1. The van der Waals surface area contributed by atoms with Crippen LogP contribution in [-0.2, 0) is 28.8 Å². The molecule has 0 radical (unpaired) electrons. The number of ether oxygens (including phenoxy) is 1. The van der Waals surface area contributed by atoms with Gasteiger partial charge in [0.05, 0.1) is 30.3 Å². The molecule has 9 nitrogen and oxygen atoms in total. The summed E-state index contributed by atoms with van der Waals surface area (Å²) in [7, 11) is 1.75. The maximum atomic E-state index is 12.5. The van der Waals surface area contributed by atoms with Gasteiger partial charge in [0.25, 0.3) is 0 Å². The molecule has 0 bridgehead atoms. The monoisotopic (exact) mass is 527 g/mol. The van der Waals surface area contributed by atoms with Gasteiger partial charge in [-0.1, -0.05) is 24.8 Å². The lowest BCUT2D eigenvalue weighted by atomic mass is 9.88. The van der Waals surface area contributed by atoms with Crippen molar-refractivity contribution >= 4 is 23.4 Å². The number of hydrogen-bond acceptors (Lipinski definition) is 8. The van der Waals surface area contributed by atoms with Gasteiger partial charge >= 0.3 is 0 Å². The third-order valence-electron chi connectivity index (χ3n) is 8.83. The van der Waals surface area contributed by atoms with Crippen molar-refractivity contribution in [1.29, 1.82) is 5.26 Å². The fraction of sp³-hybridized carbons (Fsp3) is 0.533. The summed E-state index contributed by atoms with van der Waals surface area (Å²) >= 11 is 0. The summed E-state index contributed by atoms with van der Waals surface area (Å²) in [6.07, 6.45) is 7.04. The summed E-state index contributed by atoms with van der Waals surface area (Å²) in [6.45, 7) is 8.12. The maximum absolute atomic E-state index is 12.5. The highest BCUT2D eigenvalue weighted by Crippen LogP contribution is 2.37. The van der Waals surface area contributed by atoms with E-state index in [2.05, 4.69) is 51.6 Å². The van der Waals surface area contributed by atoms with Gasteiger partial charge in [-0.25, -0.2) is 4.98 Å². The van der Waals surface area contributed by atoms with Crippen LogP contribution in [0.25, 0.3) is 0 Å². The van der Waals surface area contributed by atoms with E-state index in [4.69, 9.17) is 14.7 Å². The van der Waals surface area contributed by atoms with Crippen LogP contribution >= 0.6 is 0 Å². The van der Waals surface area contributed by atoms with Crippen molar-refractivity contribution in [3.05, 3.63) is 53.7 Å². The lowest BCUT2D eigenvalue weighted by molar-refractivity contribution is -0.128. The zero-order valence-corrected chi connectivity index (χ0v) is 22.8. The molecular weight excluding hydrogens is 490 g/mol. The van der Waals surface area contributed by atoms with Gasteiger partial charge in [0.2, 0.25) is 11.9 Å². The number of nitrogens with zero attached hydrogens (tertiary/aromatic N) is 7. The van der Waals surface area contributed by atoms with Gasteiger partial charge in [-0.2, -0.15) is 10.2 Å². The molecule has 1 amide bonds. The molecule has 9 heteroatoms. The molecule has 6 rings (SSSR count). The molecule has 0 N–H and O–H groups in total. The van der Waals surface area contributed by atoms with Crippen LogP contribution in [0, 0.1) is 11.3 Å². The molecule has 1 aromatic carbocycles. The summed E-state index contributed by atoms with van der Waals surface area (Å²) in [5.74, 6) is 1.62. The molecule has 4 heterocycles. The minimum atomic E-state index is -0.189. The average molecular weight is 528 g/mol. The van der Waals surface area contributed by atoms with Crippen molar-refractivity contribution in [3.63, 3.8) is 0 Å². The van der Waals surface area contributed by atoms with E-state index in [0.717, 1.165) is 62.8 Å². The SMILES string of the molecule is C=CC(=O)N1CCN(c2nc(N3CC(OC)C3)nc3c2CCC(N2CCCc4ccccc42)C3)C[C@@H]1CC#N. The second kappa shape index (κ2) is 10.9. The highest BCUT2D eigenvalue weighted by molar-refractivity contribution is 5.87. The minimum Gasteiger partial charge on any atom is -0.378 e. The summed E-state index contributed by atoms with van der Waals surface area (Å²) in [6, 6.07) is 11.3. The van der Waals surface area contributed by atoms with Crippen LogP contribution in [0.15, 0.2) is 36.9 Å². The van der Waals surface area contributed by atoms with Crippen molar-refractivity contribution in [3.8, 4) is 6.07 Å². The zero-order chi connectivity index (χ0) is 26.9. The number of rotatable bonds is 6. The van der Waals surface area contributed by atoms with E-state index in [-0.39, 0.29) is 24.5 Å². The lowest BCUT2D eigenvalue weighted by Gasteiger charge is -2.44. The van der Waals surface area contributed by atoms with E-state index in [0.29, 0.717) is 25.7 Å². The first-order valence-electron chi connectivity index (χ1n) is 14.2. The standard InChI is InChI=1S/C30H37N7O2/c1-3-28(38)37-16-15-34(18-23(37)12-13-31)29-25-11-10-22(36-14-6-8-21-7-4-5-9-27(21)36)17-26(25)32-30(33-29)35-19-24(20-35)39-2/h3-5,7,9,22-24H,1,6,8,10-12,14-20H2,2H3/t22?,23-/m0/s1. The summed E-state index contributed by atoms with van der Waals surface area (Å²) in [5, 5.41) is 9.49. The number of benzene rings is 1. The Morgan fingerprint density at radius 3 is 2.79 bits per heavy atom. The Hall–Kier alpha value is -3.64. The Morgan fingerprint density at radius 1 is 1.15 bits per heavy atom. The topological polar surface area (TPSA) is 88.8 Å². The van der Waals surface area contributed by atoms with E-state index in [1.54, 1.807) is 12.0 Å². The molecule has 39 heavy (non-hydrogen) atoms. The highest BCUT2D eigenvalue weighted by Gasteiger charge is 2.37. The summed E-state index contributed by atoms with van der Waals surface area (Å²) < 4.78 is 5.52. The Morgan fingerprint density at radius 2 is 2.00 bits per heavy atom. The predicted molar refractivity (Wildman–Crippen MR) is 151 cm³/mol. The number of nitriles is 1. The maximum Gasteiger partial charge on any atom is 0.246 e. The molecule has 1 aliphatic carbocycles. The van der Waals surface area contributed by atoms with Crippen LogP contribution in [0.3, 0.4) is 0 Å². The molecule has 0 spiro atoms. The van der Waals surface area contributed by atoms with Gasteiger partial charge in [-0.3, -0.25) is 4.79 Å². The number of piperazine rings is 1. The fourth-order valence-corrected chi connectivity index (χ4v) is 6.66. The Labute approximate surface area is 230 Å². The lowest BCUT2D eigenvalue weighted by Crippen LogP contribution is -2.56. The number of amides is 1. The molecule has 3 aliphatic heterocycles. The van der Waals surface area contributed by atoms with E-state index < -0.39 is 0 Å². The third-order valence-corrected chi connectivity index (χ3v) is 8.83. The van der Waals surface area contributed by atoms with Gasteiger partial charge < -0.3 is 24.3 Å². The van der Waals surface area contributed by atoms with Crippen LogP contribution in [0.5, 0.6) is 0 Å². The summed E-state index contributed by atoms with van der Waals surface area (Å²) in [4.78, 5) is 31.6. The Balaban J connectivity index is 1.31. The van der Waals surface area contributed by atoms with Crippen LogP contribution < -0.4 is 14.7 Å². The number of fused-ring (bicyclic) bond motifs is 2. The molecule has 0 saturated carbocycles. The van der Waals surface area contributed by atoms with Crippen molar-refractivity contribution in [2.24, 2.45) is 0 Å². The average Bonchev–Trinajstić information content (AvgIpc) is 2.95. The number of carbonyl (C=O) groups excluding carboxylic acids is 1. The highest BCUT2D eigenvalue weighted by atomic mass is 16.5. The van der Waals surface area contributed by atoms with Crippen molar-refractivity contribution in [2.75, 3.05) is 61.1 Å². The van der Waals surface area contributed by atoms with Crippen molar-refractivity contribution in [1.82, 2.24) is 14.9 Å². The first kappa shape index (κ1) is 25.6. The molecule has 1 aromatic heterocycles. The van der Waals surface area contributed by atoms with Gasteiger partial charge in [-0.05, 0) is 43.4 Å². The number of para-hydroxylation sites is 1. The fourth-order valence-electron chi connectivity index (χ4n) is 6.66. The number of aromatic nitrogens is 2. The first-order valence-corrected chi connectivity index (χ1v) is 14.2. The van der Waals surface area contributed by atoms with Gasteiger partial charge in [0.15, 0.2) is 0 Å². The van der Waals surface area contributed by atoms with E-state index in [1.165, 1.54) is 29.3 Å². The second-order valence-corrected chi connectivity index (χ2v) is 11.1. The first-order chi connectivity index (χ1) is 19.1. The zero-order valence-electron chi connectivity index (χ0n) is 22.8. The Bertz CT molecular complexity index is 1280. The molecule has 2 aromatic rings. The largest absolute Gasteiger partial charge is 0.378 e. The predicted octanol–water partition coefficient (Wildman–Crippen LogP) is 2.74. The van der Waals surface area contributed by atoms with Crippen LogP contribution in [0.2, 0.25) is 0 Å². The molecule has 2 atom stereocenters. The molecular formula is C30H37N7O2. The van der Waals surface area contributed by atoms with Gasteiger partial charge in [-0.15, -0.1) is 0 Å². The molecule has 2 fully saturated rings. The summed E-state index contributed by atoms with van der Waals surface area (Å²) in [5.41, 5.74) is 5.18. The Kier molecular flexibility index (Phi) is 7.13. The van der Waals surface area contributed by atoms with Crippen LogP contribution in [0.4, 0.5) is 17.5 Å². The van der Waals surface area contributed by atoms with E-state index >= 15 is 0 Å². The molecule has 4 aliphatic rings. The molecule has 204 valence electrons. The third kappa shape index (κ3) is 4.82. The number of hydrogen-bond donors (Lipinski definition) is 0. The normalized spacial score (nSPS) is 23.0. The minimum absolute atomic E-state index is 0.115. The molecule has 2 saturated heterocycles. The number of anilines is 3. The molecule has 1 unspecified atom stereocenters. The smallest absolute Gasteiger partial charge is 0.246 e. The second-order valence-electron chi connectivity index (χ2n) is 11.1. The van der Waals surface area contributed by atoms with Crippen molar-refractivity contribution < 1.29 is 9.53 Å². The van der Waals surface area contributed by atoms with Crippen LogP contribution in [0.1, 0.15) is 36.1 Å². The van der Waals surface area contributed by atoms with Gasteiger partial charge in [0.1, 0.15) is 5.82 Å². The number of methoxy groups -OCH3 is 1. The van der Waals surface area contributed by atoms with E-state index in [1.807, 2.05) is 0 Å². The quantitative estimate of drug-likeness (QED) is 0.530. The van der Waals surface area contributed by atoms with E-state index in [9.17, 15) is 10.1 Å².